The molecule has 2 heterocycles. The monoisotopic (exact) mass is 486 g/mol. The summed E-state index contributed by atoms with van der Waals surface area (Å²) in [7, 11) is 0. The number of carbonyl (C=O) groups is 2. The van der Waals surface area contributed by atoms with Gasteiger partial charge in [-0.15, -0.1) is 20.5 Å². The number of carbonyl (C=O) groups excluding carboxylic acids is 2. The number of hydroxylamine groups is 4. The van der Waals surface area contributed by atoms with Crippen LogP contribution in [0.5, 0.6) is 0 Å². The molecule has 8 heteroatoms. The first-order valence-corrected chi connectivity index (χ1v) is 12.9. The van der Waals surface area contributed by atoms with Gasteiger partial charge >= 0.3 is 0 Å². The first-order chi connectivity index (χ1) is 15.9. The Morgan fingerprint density at radius 2 is 0.943 bits per heavy atom. The van der Waals surface area contributed by atoms with Crippen LogP contribution in [0.2, 0.25) is 0 Å². The summed E-state index contributed by atoms with van der Waals surface area (Å²) in [6.45, 7) is 15.3. The van der Waals surface area contributed by atoms with Crippen LogP contribution in [0.25, 0.3) is 0 Å². The van der Waals surface area contributed by atoms with Crippen molar-refractivity contribution in [2.75, 3.05) is 0 Å². The molecule has 0 aromatic rings. The Balaban J connectivity index is 1.52. The van der Waals surface area contributed by atoms with Crippen LogP contribution in [0.3, 0.4) is 0 Å². The Bertz CT molecular complexity index is 854. The maximum absolute atomic E-state index is 13.5. The zero-order valence-corrected chi connectivity index (χ0v) is 22.5. The molecule has 2 amide bonds. The van der Waals surface area contributed by atoms with Crippen LogP contribution in [0.15, 0.2) is 23.3 Å². The van der Waals surface area contributed by atoms with Crippen molar-refractivity contribution >= 4 is 11.8 Å². The van der Waals surface area contributed by atoms with Crippen LogP contribution >= 0.6 is 0 Å². The second-order valence-electron chi connectivity index (χ2n) is 13.7. The highest BCUT2D eigenvalue weighted by Crippen LogP contribution is 2.45. The van der Waals surface area contributed by atoms with E-state index in [1.165, 1.54) is 0 Å². The quantitative estimate of drug-likeness (QED) is 0.594. The van der Waals surface area contributed by atoms with Crippen LogP contribution in [0.4, 0.5) is 0 Å². The van der Waals surface area contributed by atoms with Crippen LogP contribution in [0, 0.1) is 11.8 Å². The molecule has 0 saturated carbocycles. The van der Waals surface area contributed by atoms with Gasteiger partial charge in [0.15, 0.2) is 0 Å². The molecule has 2 saturated heterocycles. The summed E-state index contributed by atoms with van der Waals surface area (Å²) >= 11 is 0. The van der Waals surface area contributed by atoms with Crippen LogP contribution in [-0.2, 0) is 20.0 Å². The summed E-state index contributed by atoms with van der Waals surface area (Å²) in [6.07, 6.45) is 7.05. The largest absolute Gasteiger partial charge is 0.349 e. The van der Waals surface area contributed by atoms with E-state index < -0.39 is 22.2 Å². The number of nitrogens with one attached hydrogen (secondary N) is 2. The molecule has 4 rings (SSSR count). The highest BCUT2D eigenvalue weighted by atomic mass is 16.5. The Hall–Kier alpha value is -1.74. The Labute approximate surface area is 209 Å². The molecule has 2 aliphatic heterocycles. The molecular weight excluding hydrogens is 444 g/mol. The molecule has 4 aliphatic rings. The Morgan fingerprint density at radius 1 is 0.657 bits per heavy atom. The minimum Gasteiger partial charge on any atom is -0.349 e. The molecule has 2 N–H and O–H groups in total. The zero-order chi connectivity index (χ0) is 26.1. The molecule has 0 spiro atoms. The predicted octanol–water partition coefficient (Wildman–Crippen LogP) is 3.46. The lowest BCUT2D eigenvalue weighted by atomic mass is 9.78. The van der Waals surface area contributed by atoms with E-state index in [0.717, 1.165) is 16.5 Å². The lowest BCUT2D eigenvalue weighted by molar-refractivity contribution is -0.290. The van der Waals surface area contributed by atoms with E-state index in [1.54, 1.807) is 0 Å². The summed E-state index contributed by atoms with van der Waals surface area (Å²) in [4.78, 5) is 27.1. The second-order valence-corrected chi connectivity index (χ2v) is 13.7. The van der Waals surface area contributed by atoms with Gasteiger partial charge in [-0.1, -0.05) is 12.2 Å². The summed E-state index contributed by atoms with van der Waals surface area (Å²) < 4.78 is 0. The van der Waals surface area contributed by atoms with Crippen LogP contribution in [-0.4, -0.2) is 56.2 Å². The summed E-state index contributed by atoms with van der Waals surface area (Å²) in [6, 6.07) is -0.277. The van der Waals surface area contributed by atoms with Gasteiger partial charge in [0, 0.05) is 57.2 Å². The number of allylic oxidation sites excluding steroid dienone is 2. The van der Waals surface area contributed by atoms with Crippen LogP contribution in [0.1, 0.15) is 87.5 Å². The molecular formula is C27H42N4O4. The molecule has 2 radical (unpaired) electrons. The van der Waals surface area contributed by atoms with E-state index in [2.05, 4.69) is 10.6 Å². The van der Waals surface area contributed by atoms with Gasteiger partial charge in [-0.05, 0) is 87.5 Å². The van der Waals surface area contributed by atoms with Crippen molar-refractivity contribution in [3.63, 3.8) is 0 Å². The first kappa shape index (κ1) is 26.3. The number of fused-ring (bicyclic) bond motifs is 2. The van der Waals surface area contributed by atoms with Gasteiger partial charge in [0.2, 0.25) is 11.8 Å². The summed E-state index contributed by atoms with van der Waals surface area (Å²) in [5, 5.41) is 34.1. The molecule has 2 atom stereocenters. The van der Waals surface area contributed by atoms with Crippen molar-refractivity contribution in [2.24, 2.45) is 11.8 Å². The highest BCUT2D eigenvalue weighted by molar-refractivity contribution is 6.07. The fourth-order valence-electron chi connectivity index (χ4n) is 7.37. The number of amides is 2. The molecule has 2 aliphatic carbocycles. The van der Waals surface area contributed by atoms with Crippen molar-refractivity contribution in [3.8, 4) is 0 Å². The summed E-state index contributed by atoms with van der Waals surface area (Å²) in [5.74, 6) is -0.508. The van der Waals surface area contributed by atoms with E-state index in [1.807, 2.05) is 67.5 Å². The fraction of sp³-hybridized carbons (Fsp3) is 0.778. The van der Waals surface area contributed by atoms with Crippen LogP contribution < -0.4 is 10.6 Å². The SMILES string of the molecule is CC1(C)CC(NC(=O)C2=C(C(=O)NC3CC(C)(C)N([O])C(C)(C)C3)C3C=CC2C3)CC(C)(C)N1[O]. The zero-order valence-electron chi connectivity index (χ0n) is 22.5. The average molecular weight is 487 g/mol. The smallest absolute Gasteiger partial charge is 0.248 e. The highest BCUT2D eigenvalue weighted by Gasteiger charge is 2.49. The van der Waals surface area contributed by atoms with Crippen molar-refractivity contribution < 1.29 is 20.0 Å². The third kappa shape index (κ3) is 4.70. The lowest BCUT2D eigenvalue weighted by Gasteiger charge is -2.50. The van der Waals surface area contributed by atoms with Crippen molar-refractivity contribution in [2.45, 2.75) is 122 Å². The maximum Gasteiger partial charge on any atom is 0.248 e. The number of nitrogens with zero attached hydrogens (tertiary/aromatic N) is 2. The molecule has 0 aromatic carbocycles. The van der Waals surface area contributed by atoms with E-state index in [0.29, 0.717) is 36.8 Å². The van der Waals surface area contributed by atoms with Gasteiger partial charge in [0.05, 0.1) is 0 Å². The van der Waals surface area contributed by atoms with Gasteiger partial charge < -0.3 is 10.6 Å². The molecule has 2 fully saturated rings. The molecule has 2 bridgehead atoms. The normalized spacial score (nSPS) is 32.2. The number of rotatable bonds is 4. The standard InChI is InChI=1S/C27H42N4O4/c1-24(2)12-18(13-25(3,4)30(24)34)28-22(32)20-16-9-10-17(11-16)21(20)23(33)29-19-14-26(5,6)31(35)27(7,8)15-19/h9-10,16-19H,11-15H2,1-8H3,(H,28,32)(H,29,33). The van der Waals surface area contributed by atoms with E-state index >= 15 is 0 Å². The number of piperidine rings is 2. The molecule has 35 heavy (non-hydrogen) atoms. The van der Waals surface area contributed by atoms with Gasteiger partial charge in [-0.3, -0.25) is 9.59 Å². The Kier molecular flexibility index (Phi) is 6.32. The number of hydrogen-bond acceptors (Lipinski definition) is 4. The van der Waals surface area contributed by atoms with Crippen molar-refractivity contribution in [1.29, 1.82) is 0 Å². The molecule has 194 valence electrons. The van der Waals surface area contributed by atoms with Crippen molar-refractivity contribution in [1.82, 2.24) is 20.8 Å². The topological polar surface area (TPSA) is 104 Å². The van der Waals surface area contributed by atoms with E-state index in [-0.39, 0.29) is 35.7 Å². The van der Waals surface area contributed by atoms with Gasteiger partial charge in [0.25, 0.3) is 0 Å². The molecule has 2 unspecified atom stereocenters. The maximum atomic E-state index is 13.5. The fourth-order valence-corrected chi connectivity index (χ4v) is 7.37. The van der Waals surface area contributed by atoms with E-state index in [4.69, 9.17) is 0 Å². The minimum atomic E-state index is -0.584. The van der Waals surface area contributed by atoms with Gasteiger partial charge in [-0.25, -0.2) is 0 Å². The third-order valence-corrected chi connectivity index (χ3v) is 8.46. The lowest BCUT2D eigenvalue weighted by Crippen LogP contribution is -2.62. The molecule has 0 aromatic heterocycles. The second kappa shape index (κ2) is 8.40. The third-order valence-electron chi connectivity index (χ3n) is 8.46. The van der Waals surface area contributed by atoms with E-state index in [9.17, 15) is 20.0 Å². The predicted molar refractivity (Wildman–Crippen MR) is 131 cm³/mol. The van der Waals surface area contributed by atoms with Gasteiger partial charge in [-0.2, -0.15) is 0 Å². The first-order valence-electron chi connectivity index (χ1n) is 12.9. The summed E-state index contributed by atoms with van der Waals surface area (Å²) in [5.41, 5.74) is -1.21. The van der Waals surface area contributed by atoms with Gasteiger partial charge in [0.1, 0.15) is 0 Å². The number of hydrogen-bond donors (Lipinski definition) is 2. The minimum absolute atomic E-state index is 0.0576. The molecule has 8 nitrogen and oxygen atoms in total. The van der Waals surface area contributed by atoms with Crippen molar-refractivity contribution in [3.05, 3.63) is 23.3 Å². The Morgan fingerprint density at radius 3 is 1.23 bits per heavy atom. The average Bonchev–Trinajstić information content (AvgIpc) is 3.31.